The summed E-state index contributed by atoms with van der Waals surface area (Å²) in [5.74, 6) is 0. The first kappa shape index (κ1) is 12.1. The van der Waals surface area contributed by atoms with Gasteiger partial charge >= 0.3 is 0 Å². The smallest absolute Gasteiger partial charge is 0.0393 e. The number of hydrogen-bond donors (Lipinski definition) is 0. The van der Waals surface area contributed by atoms with Gasteiger partial charge in [-0.1, -0.05) is 44.4 Å². The van der Waals surface area contributed by atoms with E-state index in [-0.39, 0.29) is 0 Å². The third-order valence-corrected chi connectivity index (χ3v) is 2.77. The van der Waals surface area contributed by atoms with Gasteiger partial charge in [0.2, 0.25) is 0 Å². The third kappa shape index (κ3) is 3.94. The van der Waals surface area contributed by atoms with Crippen LogP contribution >= 0.6 is 0 Å². The summed E-state index contributed by atoms with van der Waals surface area (Å²) >= 11 is 0. The summed E-state index contributed by atoms with van der Waals surface area (Å²) in [6.45, 7) is 2.26. The number of para-hydroxylation sites is 1. The predicted molar refractivity (Wildman–Crippen MR) is 68.6 cm³/mol. The second-order valence-electron chi connectivity index (χ2n) is 4.33. The summed E-state index contributed by atoms with van der Waals surface area (Å²) in [5.41, 5.74) is 2.85. The average Bonchev–Trinajstić information content (AvgIpc) is 2.25. The summed E-state index contributed by atoms with van der Waals surface area (Å²) in [7, 11) is 4.23. The molecule has 0 amide bonds. The van der Waals surface area contributed by atoms with Crippen molar-refractivity contribution in [1.82, 2.24) is 0 Å². The molecule has 0 aliphatic rings. The van der Waals surface area contributed by atoms with Crippen LogP contribution in [0, 0.1) is 0 Å². The summed E-state index contributed by atoms with van der Waals surface area (Å²) in [6, 6.07) is 8.71. The molecule has 1 aromatic carbocycles. The molecule has 1 aromatic rings. The SMILES string of the molecule is CCCCCCc1ccccc1N(C)C. The van der Waals surface area contributed by atoms with E-state index in [4.69, 9.17) is 0 Å². The lowest BCUT2D eigenvalue weighted by molar-refractivity contribution is 0.666. The van der Waals surface area contributed by atoms with Gasteiger partial charge in [0.1, 0.15) is 0 Å². The normalized spacial score (nSPS) is 10.3. The molecule has 1 heteroatoms. The highest BCUT2D eigenvalue weighted by molar-refractivity contribution is 5.52. The van der Waals surface area contributed by atoms with E-state index >= 15 is 0 Å². The van der Waals surface area contributed by atoms with Gasteiger partial charge in [-0.25, -0.2) is 0 Å². The second kappa shape index (κ2) is 6.49. The minimum Gasteiger partial charge on any atom is -0.377 e. The average molecular weight is 205 g/mol. The highest BCUT2D eigenvalue weighted by atomic mass is 15.1. The van der Waals surface area contributed by atoms with Gasteiger partial charge < -0.3 is 4.90 Å². The van der Waals surface area contributed by atoms with E-state index in [0.29, 0.717) is 0 Å². The molecular weight excluding hydrogens is 182 g/mol. The molecule has 0 aliphatic carbocycles. The van der Waals surface area contributed by atoms with Crippen molar-refractivity contribution in [3.63, 3.8) is 0 Å². The molecule has 0 bridgehead atoms. The van der Waals surface area contributed by atoms with E-state index in [9.17, 15) is 0 Å². The molecule has 0 spiro atoms. The number of hydrogen-bond acceptors (Lipinski definition) is 1. The molecule has 0 N–H and O–H groups in total. The van der Waals surface area contributed by atoms with Crippen LogP contribution in [0.15, 0.2) is 24.3 Å². The number of benzene rings is 1. The maximum Gasteiger partial charge on any atom is 0.0393 e. The van der Waals surface area contributed by atoms with Crippen LogP contribution in [0.4, 0.5) is 5.69 Å². The quantitative estimate of drug-likeness (QED) is 0.637. The molecule has 0 heterocycles. The van der Waals surface area contributed by atoms with Gasteiger partial charge in [-0.3, -0.25) is 0 Å². The fourth-order valence-corrected chi connectivity index (χ4v) is 1.90. The first-order valence-electron chi connectivity index (χ1n) is 6.01. The lowest BCUT2D eigenvalue weighted by Crippen LogP contribution is -2.11. The maximum absolute atomic E-state index is 2.26. The van der Waals surface area contributed by atoms with Crippen molar-refractivity contribution in [3.05, 3.63) is 29.8 Å². The number of anilines is 1. The Labute approximate surface area is 94.1 Å². The predicted octanol–water partition coefficient (Wildman–Crippen LogP) is 3.88. The Balaban J connectivity index is 2.52. The molecular formula is C14H23N. The van der Waals surface area contributed by atoms with Crippen LogP contribution in [0.3, 0.4) is 0 Å². The van der Waals surface area contributed by atoms with E-state index in [1.165, 1.54) is 43.4 Å². The van der Waals surface area contributed by atoms with Crippen LogP contribution in [0.1, 0.15) is 38.2 Å². The van der Waals surface area contributed by atoms with E-state index in [1.54, 1.807) is 0 Å². The van der Waals surface area contributed by atoms with E-state index in [0.717, 1.165) is 0 Å². The van der Waals surface area contributed by atoms with Gasteiger partial charge in [0.25, 0.3) is 0 Å². The maximum atomic E-state index is 2.26. The monoisotopic (exact) mass is 205 g/mol. The molecule has 15 heavy (non-hydrogen) atoms. The van der Waals surface area contributed by atoms with Crippen molar-refractivity contribution in [2.75, 3.05) is 19.0 Å². The molecule has 0 aliphatic heterocycles. The van der Waals surface area contributed by atoms with Crippen LogP contribution in [0.2, 0.25) is 0 Å². The van der Waals surface area contributed by atoms with Gasteiger partial charge in [0.05, 0.1) is 0 Å². The molecule has 0 atom stereocenters. The minimum absolute atomic E-state index is 1.22. The van der Waals surface area contributed by atoms with E-state index in [2.05, 4.69) is 50.2 Å². The Morgan fingerprint density at radius 3 is 2.40 bits per heavy atom. The Bertz CT molecular complexity index is 278. The molecule has 84 valence electrons. The summed E-state index contributed by atoms with van der Waals surface area (Å²) in [5, 5.41) is 0. The second-order valence-corrected chi connectivity index (χ2v) is 4.33. The zero-order chi connectivity index (χ0) is 11.1. The van der Waals surface area contributed by atoms with Crippen LogP contribution in [-0.4, -0.2) is 14.1 Å². The molecule has 1 rings (SSSR count). The molecule has 0 aromatic heterocycles. The Hall–Kier alpha value is -0.980. The van der Waals surface area contributed by atoms with Gasteiger partial charge in [0.15, 0.2) is 0 Å². The summed E-state index contributed by atoms with van der Waals surface area (Å²) < 4.78 is 0. The van der Waals surface area contributed by atoms with Crippen molar-refractivity contribution in [2.24, 2.45) is 0 Å². The van der Waals surface area contributed by atoms with Gasteiger partial charge in [-0.05, 0) is 24.5 Å². The zero-order valence-corrected chi connectivity index (χ0v) is 10.3. The van der Waals surface area contributed by atoms with Crippen LogP contribution in [-0.2, 0) is 6.42 Å². The molecule has 0 unspecified atom stereocenters. The van der Waals surface area contributed by atoms with Crippen molar-refractivity contribution in [1.29, 1.82) is 0 Å². The standard InChI is InChI=1S/C14H23N/c1-4-5-6-7-10-13-11-8-9-12-14(13)15(2)3/h8-9,11-12H,4-7,10H2,1-3H3. The number of unbranched alkanes of at least 4 members (excludes halogenated alkanes) is 3. The molecule has 0 saturated carbocycles. The van der Waals surface area contributed by atoms with E-state index < -0.39 is 0 Å². The summed E-state index contributed by atoms with van der Waals surface area (Å²) in [6.07, 6.45) is 6.57. The lowest BCUT2D eigenvalue weighted by atomic mass is 10.0. The van der Waals surface area contributed by atoms with Gasteiger partial charge in [-0.2, -0.15) is 0 Å². The topological polar surface area (TPSA) is 3.24 Å². The van der Waals surface area contributed by atoms with Crippen LogP contribution in [0.25, 0.3) is 0 Å². The fraction of sp³-hybridized carbons (Fsp3) is 0.571. The largest absolute Gasteiger partial charge is 0.377 e. The highest BCUT2D eigenvalue weighted by Crippen LogP contribution is 2.20. The molecule has 1 nitrogen and oxygen atoms in total. The summed E-state index contributed by atoms with van der Waals surface area (Å²) in [4.78, 5) is 2.20. The van der Waals surface area contributed by atoms with Gasteiger partial charge in [-0.15, -0.1) is 0 Å². The van der Waals surface area contributed by atoms with Crippen molar-refractivity contribution in [2.45, 2.75) is 39.0 Å². The van der Waals surface area contributed by atoms with E-state index in [1.807, 2.05) is 0 Å². The van der Waals surface area contributed by atoms with Crippen molar-refractivity contribution >= 4 is 5.69 Å². The third-order valence-electron chi connectivity index (χ3n) is 2.77. The van der Waals surface area contributed by atoms with Crippen LogP contribution in [0.5, 0.6) is 0 Å². The number of aryl methyl sites for hydroxylation is 1. The number of nitrogens with zero attached hydrogens (tertiary/aromatic N) is 1. The first-order valence-corrected chi connectivity index (χ1v) is 6.01. The molecule has 0 radical (unpaired) electrons. The van der Waals surface area contributed by atoms with Crippen molar-refractivity contribution < 1.29 is 0 Å². The molecule has 0 saturated heterocycles. The lowest BCUT2D eigenvalue weighted by Gasteiger charge is -2.17. The highest BCUT2D eigenvalue weighted by Gasteiger charge is 2.02. The fourth-order valence-electron chi connectivity index (χ4n) is 1.90. The Kier molecular flexibility index (Phi) is 5.23. The first-order chi connectivity index (χ1) is 7.25. The zero-order valence-electron chi connectivity index (χ0n) is 10.3. The Morgan fingerprint density at radius 2 is 1.73 bits per heavy atom. The Morgan fingerprint density at radius 1 is 1.00 bits per heavy atom. The molecule has 0 fully saturated rings. The minimum atomic E-state index is 1.22. The van der Waals surface area contributed by atoms with Gasteiger partial charge in [0, 0.05) is 19.8 Å². The number of rotatable bonds is 6. The van der Waals surface area contributed by atoms with Crippen molar-refractivity contribution in [3.8, 4) is 0 Å². The van der Waals surface area contributed by atoms with Crippen LogP contribution < -0.4 is 4.90 Å².